The molecule has 1 atom stereocenters. The quantitative estimate of drug-likeness (QED) is 0.846. The Kier molecular flexibility index (Phi) is 5.14. The first-order valence-electron chi connectivity index (χ1n) is 5.89. The molecule has 1 rings (SSSR count). The average molecular weight is 232 g/mol. The van der Waals surface area contributed by atoms with Crippen LogP contribution in [-0.4, -0.2) is 30.1 Å². The molecule has 1 unspecified atom stereocenters. The van der Waals surface area contributed by atoms with Crippen LogP contribution in [-0.2, 0) is 0 Å². The number of aliphatic hydroxyl groups is 1. The van der Waals surface area contributed by atoms with Gasteiger partial charge < -0.3 is 10.0 Å². The van der Waals surface area contributed by atoms with Gasteiger partial charge >= 0.3 is 0 Å². The Morgan fingerprint density at radius 3 is 2.29 bits per heavy atom. The van der Waals surface area contributed by atoms with Crippen molar-refractivity contribution in [3.05, 3.63) is 35.4 Å². The summed E-state index contributed by atoms with van der Waals surface area (Å²) in [5.41, 5.74) is 1.48. The highest BCUT2D eigenvalue weighted by molar-refractivity contribution is 5.32. The summed E-state index contributed by atoms with van der Waals surface area (Å²) < 4.78 is 0. The lowest BCUT2D eigenvalue weighted by Crippen LogP contribution is -2.28. The van der Waals surface area contributed by atoms with Crippen LogP contribution in [0.3, 0.4) is 0 Å². The van der Waals surface area contributed by atoms with Crippen molar-refractivity contribution in [1.29, 1.82) is 5.26 Å². The SMILES string of the molecule is CC(C)CN(C)CC(O)c1ccc(C#N)cc1. The Bertz CT molecular complexity index is 378. The third-order valence-electron chi connectivity index (χ3n) is 2.59. The minimum Gasteiger partial charge on any atom is -0.387 e. The van der Waals surface area contributed by atoms with Gasteiger partial charge in [-0.3, -0.25) is 0 Å². The van der Waals surface area contributed by atoms with E-state index in [4.69, 9.17) is 5.26 Å². The van der Waals surface area contributed by atoms with Gasteiger partial charge in [-0.05, 0) is 30.7 Å². The van der Waals surface area contributed by atoms with Crippen molar-refractivity contribution in [1.82, 2.24) is 4.90 Å². The zero-order chi connectivity index (χ0) is 12.8. The predicted molar refractivity (Wildman–Crippen MR) is 68.5 cm³/mol. The lowest BCUT2D eigenvalue weighted by atomic mass is 10.1. The molecule has 0 aliphatic carbocycles. The van der Waals surface area contributed by atoms with Gasteiger partial charge in [0.05, 0.1) is 17.7 Å². The summed E-state index contributed by atoms with van der Waals surface area (Å²) in [6.07, 6.45) is -0.494. The van der Waals surface area contributed by atoms with Crippen LogP contribution >= 0.6 is 0 Å². The van der Waals surface area contributed by atoms with E-state index in [2.05, 4.69) is 24.8 Å². The molecule has 0 aromatic heterocycles. The second-order valence-corrected chi connectivity index (χ2v) is 4.86. The molecule has 0 saturated carbocycles. The lowest BCUT2D eigenvalue weighted by Gasteiger charge is -2.22. The van der Waals surface area contributed by atoms with Crippen LogP contribution in [0.15, 0.2) is 24.3 Å². The molecule has 0 heterocycles. The van der Waals surface area contributed by atoms with E-state index in [1.54, 1.807) is 12.1 Å². The number of likely N-dealkylation sites (N-methyl/N-ethyl adjacent to an activating group) is 1. The zero-order valence-electron chi connectivity index (χ0n) is 10.7. The summed E-state index contributed by atoms with van der Waals surface area (Å²) in [6.45, 7) is 5.90. The van der Waals surface area contributed by atoms with Crippen LogP contribution in [0.2, 0.25) is 0 Å². The summed E-state index contributed by atoms with van der Waals surface area (Å²) in [5, 5.41) is 18.7. The van der Waals surface area contributed by atoms with Crippen molar-refractivity contribution < 1.29 is 5.11 Å². The van der Waals surface area contributed by atoms with Crippen molar-refractivity contribution in [3.63, 3.8) is 0 Å². The Hall–Kier alpha value is -1.37. The Labute approximate surface area is 103 Å². The Morgan fingerprint density at radius 1 is 1.24 bits per heavy atom. The molecular formula is C14H20N2O. The highest BCUT2D eigenvalue weighted by Gasteiger charge is 2.11. The van der Waals surface area contributed by atoms with Crippen molar-refractivity contribution >= 4 is 0 Å². The molecular weight excluding hydrogens is 212 g/mol. The molecule has 0 aliphatic heterocycles. The molecule has 0 amide bonds. The molecule has 0 radical (unpaired) electrons. The Balaban J connectivity index is 2.57. The van der Waals surface area contributed by atoms with E-state index in [9.17, 15) is 5.11 Å². The molecule has 92 valence electrons. The first-order valence-corrected chi connectivity index (χ1v) is 5.89. The number of benzene rings is 1. The van der Waals surface area contributed by atoms with E-state index >= 15 is 0 Å². The van der Waals surface area contributed by atoms with Crippen LogP contribution < -0.4 is 0 Å². The standard InChI is InChI=1S/C14H20N2O/c1-11(2)9-16(3)10-14(17)13-6-4-12(8-15)5-7-13/h4-7,11,14,17H,9-10H2,1-3H3. The minimum atomic E-state index is -0.494. The fraction of sp³-hybridized carbons (Fsp3) is 0.500. The second-order valence-electron chi connectivity index (χ2n) is 4.86. The van der Waals surface area contributed by atoms with E-state index in [0.717, 1.165) is 12.1 Å². The van der Waals surface area contributed by atoms with Gasteiger partial charge in [0.1, 0.15) is 0 Å². The van der Waals surface area contributed by atoms with Crippen LogP contribution in [0.1, 0.15) is 31.1 Å². The molecule has 1 aromatic rings. The van der Waals surface area contributed by atoms with Crippen molar-refractivity contribution in [2.45, 2.75) is 20.0 Å². The molecule has 0 bridgehead atoms. The van der Waals surface area contributed by atoms with Crippen molar-refractivity contribution in [3.8, 4) is 6.07 Å². The third kappa shape index (κ3) is 4.56. The summed E-state index contributed by atoms with van der Waals surface area (Å²) >= 11 is 0. The molecule has 0 aliphatic rings. The minimum absolute atomic E-state index is 0.494. The smallest absolute Gasteiger partial charge is 0.0991 e. The van der Waals surface area contributed by atoms with E-state index in [-0.39, 0.29) is 0 Å². The molecule has 0 saturated heterocycles. The molecule has 3 heteroatoms. The first-order chi connectivity index (χ1) is 8.02. The third-order valence-corrected chi connectivity index (χ3v) is 2.59. The van der Waals surface area contributed by atoms with Crippen LogP contribution in [0.4, 0.5) is 0 Å². The van der Waals surface area contributed by atoms with Gasteiger partial charge in [0, 0.05) is 13.1 Å². The number of rotatable bonds is 5. The van der Waals surface area contributed by atoms with Gasteiger partial charge in [0.25, 0.3) is 0 Å². The molecule has 0 spiro atoms. The van der Waals surface area contributed by atoms with Crippen molar-refractivity contribution in [2.75, 3.05) is 20.1 Å². The van der Waals surface area contributed by atoms with Crippen LogP contribution in [0, 0.1) is 17.2 Å². The van der Waals surface area contributed by atoms with E-state index in [1.165, 1.54) is 0 Å². The van der Waals surface area contributed by atoms with Crippen LogP contribution in [0.25, 0.3) is 0 Å². The number of hydrogen-bond acceptors (Lipinski definition) is 3. The predicted octanol–water partition coefficient (Wildman–Crippen LogP) is 2.18. The van der Waals surface area contributed by atoms with Gasteiger partial charge in [0.2, 0.25) is 0 Å². The summed E-state index contributed by atoms with van der Waals surface area (Å²) in [5.74, 6) is 0.591. The van der Waals surface area contributed by atoms with E-state index in [1.807, 2.05) is 19.2 Å². The lowest BCUT2D eigenvalue weighted by molar-refractivity contribution is 0.121. The molecule has 1 aromatic carbocycles. The van der Waals surface area contributed by atoms with Gasteiger partial charge in [-0.15, -0.1) is 0 Å². The second kappa shape index (κ2) is 6.39. The number of nitriles is 1. The topological polar surface area (TPSA) is 47.3 Å². The van der Waals surface area contributed by atoms with Gasteiger partial charge in [-0.25, -0.2) is 0 Å². The largest absolute Gasteiger partial charge is 0.387 e. The van der Waals surface area contributed by atoms with Crippen molar-refractivity contribution in [2.24, 2.45) is 5.92 Å². The number of hydrogen-bond donors (Lipinski definition) is 1. The molecule has 3 nitrogen and oxygen atoms in total. The van der Waals surface area contributed by atoms with Gasteiger partial charge in [0.15, 0.2) is 0 Å². The maximum absolute atomic E-state index is 10.0. The highest BCUT2D eigenvalue weighted by Crippen LogP contribution is 2.15. The van der Waals surface area contributed by atoms with E-state index < -0.39 is 6.10 Å². The van der Waals surface area contributed by atoms with Crippen LogP contribution in [0.5, 0.6) is 0 Å². The average Bonchev–Trinajstić information content (AvgIpc) is 2.28. The summed E-state index contributed by atoms with van der Waals surface area (Å²) in [7, 11) is 2.01. The van der Waals surface area contributed by atoms with Gasteiger partial charge in [-0.1, -0.05) is 26.0 Å². The fourth-order valence-corrected chi connectivity index (χ4v) is 1.88. The van der Waals surface area contributed by atoms with E-state index in [0.29, 0.717) is 18.0 Å². The van der Waals surface area contributed by atoms with Gasteiger partial charge in [-0.2, -0.15) is 5.26 Å². The summed E-state index contributed by atoms with van der Waals surface area (Å²) in [4.78, 5) is 2.12. The Morgan fingerprint density at radius 2 is 1.82 bits per heavy atom. The normalized spacial score (nSPS) is 12.8. The molecule has 17 heavy (non-hydrogen) atoms. The first kappa shape index (κ1) is 13.7. The maximum atomic E-state index is 10.0. The number of nitrogens with zero attached hydrogens (tertiary/aromatic N) is 2. The monoisotopic (exact) mass is 232 g/mol. The maximum Gasteiger partial charge on any atom is 0.0991 e. The summed E-state index contributed by atoms with van der Waals surface area (Å²) in [6, 6.07) is 9.17. The highest BCUT2D eigenvalue weighted by atomic mass is 16.3. The fourth-order valence-electron chi connectivity index (χ4n) is 1.88. The molecule has 1 N–H and O–H groups in total. The molecule has 0 fully saturated rings. The zero-order valence-corrected chi connectivity index (χ0v) is 10.7. The number of aliphatic hydroxyl groups excluding tert-OH is 1.